The van der Waals surface area contributed by atoms with Gasteiger partial charge in [0.05, 0.1) is 0 Å². The van der Waals surface area contributed by atoms with Crippen LogP contribution in [0.5, 0.6) is 0 Å². The lowest BCUT2D eigenvalue weighted by Crippen LogP contribution is -1.99. The van der Waals surface area contributed by atoms with Gasteiger partial charge < -0.3 is 0 Å². The predicted molar refractivity (Wildman–Crippen MR) is 31.7 cm³/mol. The van der Waals surface area contributed by atoms with Gasteiger partial charge in [-0.2, -0.15) is 0 Å². The molecule has 0 aromatic heterocycles. The van der Waals surface area contributed by atoms with Crippen LogP contribution in [0.3, 0.4) is 0 Å². The van der Waals surface area contributed by atoms with Gasteiger partial charge in [-0.15, -0.1) is 0 Å². The number of hydrogen-bond acceptors (Lipinski definition) is 0. The number of allylic oxidation sites excluding steroid dienone is 2. The van der Waals surface area contributed by atoms with Gasteiger partial charge in [0.15, 0.2) is 0 Å². The average Bonchev–Trinajstić information content (AvgIpc) is 1.31. The second kappa shape index (κ2) is 1.95. The first-order valence-corrected chi connectivity index (χ1v) is 4.05. The van der Waals surface area contributed by atoms with Crippen molar-refractivity contribution in [2.75, 3.05) is 0 Å². The molecule has 0 bridgehead atoms. The summed E-state index contributed by atoms with van der Waals surface area (Å²) < 4.78 is 0. The van der Waals surface area contributed by atoms with Crippen molar-refractivity contribution in [1.82, 2.24) is 0 Å². The van der Waals surface area contributed by atoms with Crippen molar-refractivity contribution in [2.24, 2.45) is 0 Å². The Morgan fingerprint density at radius 3 is 2.50 bits per heavy atom. The monoisotopic (exact) mass is 120 g/mol. The Bertz CT molecular complexity index is 69.9. The highest BCUT2D eigenvalue weighted by Gasteiger charge is 2.05. The lowest BCUT2D eigenvalue weighted by atomic mass is 10.1. The summed E-state index contributed by atoms with van der Waals surface area (Å²) in [5, 5.41) is 0. The predicted octanol–water partition coefficient (Wildman–Crippen LogP) is 2.15. The molecule has 0 N–H and O–H groups in total. The quantitative estimate of drug-likeness (QED) is 0.367. The van der Waals surface area contributed by atoms with Crippen molar-refractivity contribution < 1.29 is 0 Å². The van der Waals surface area contributed by atoms with Crippen molar-refractivity contribution in [2.45, 2.75) is 12.1 Å². The third-order valence-corrected chi connectivity index (χ3v) is 2.45. The standard InChI is InChI=1S/C4H6ClP/c5-6-4-2-1-3-4/h1-2,4,6H,3H2. The van der Waals surface area contributed by atoms with Crippen molar-refractivity contribution >= 4 is 19.2 Å². The van der Waals surface area contributed by atoms with Gasteiger partial charge in [-0.05, 0) is 14.4 Å². The molecule has 1 aliphatic carbocycles. The van der Waals surface area contributed by atoms with E-state index in [0.717, 1.165) is 5.66 Å². The molecular formula is C4H6ClP. The summed E-state index contributed by atoms with van der Waals surface area (Å²) in [7, 11) is 0.604. The van der Waals surface area contributed by atoms with Gasteiger partial charge in [0.1, 0.15) is 0 Å². The maximum absolute atomic E-state index is 5.48. The molecule has 0 aliphatic heterocycles. The molecular weight excluding hydrogens is 114 g/mol. The zero-order valence-electron chi connectivity index (χ0n) is 3.32. The number of halogens is 1. The second-order valence-electron chi connectivity index (χ2n) is 1.38. The minimum Gasteiger partial charge on any atom is -0.0995 e. The highest BCUT2D eigenvalue weighted by atomic mass is 35.7. The Kier molecular flexibility index (Phi) is 1.50. The Morgan fingerprint density at radius 2 is 2.50 bits per heavy atom. The Morgan fingerprint density at radius 1 is 1.83 bits per heavy atom. The summed E-state index contributed by atoms with van der Waals surface area (Å²) in [5.41, 5.74) is 0.728. The third kappa shape index (κ3) is 0.746. The molecule has 1 aliphatic rings. The van der Waals surface area contributed by atoms with E-state index in [4.69, 9.17) is 11.2 Å². The van der Waals surface area contributed by atoms with Gasteiger partial charge in [-0.1, -0.05) is 23.4 Å². The second-order valence-corrected chi connectivity index (χ2v) is 2.99. The lowest BCUT2D eigenvalue weighted by molar-refractivity contribution is 0.982. The van der Waals surface area contributed by atoms with Crippen LogP contribution in [0.1, 0.15) is 6.42 Å². The van der Waals surface area contributed by atoms with Crippen LogP contribution in [-0.2, 0) is 0 Å². The molecule has 0 saturated heterocycles. The highest BCUT2D eigenvalue weighted by Crippen LogP contribution is 2.32. The third-order valence-electron chi connectivity index (χ3n) is 0.899. The van der Waals surface area contributed by atoms with Crippen LogP contribution >= 0.6 is 19.2 Å². The molecule has 0 nitrogen and oxygen atoms in total. The van der Waals surface area contributed by atoms with Crippen LogP contribution in [0.25, 0.3) is 0 Å². The summed E-state index contributed by atoms with van der Waals surface area (Å²) in [6.07, 6.45) is 5.52. The van der Waals surface area contributed by atoms with Crippen LogP contribution in [0.2, 0.25) is 0 Å². The van der Waals surface area contributed by atoms with Gasteiger partial charge in [-0.3, -0.25) is 0 Å². The van der Waals surface area contributed by atoms with Crippen LogP contribution in [0, 0.1) is 0 Å². The fraction of sp³-hybridized carbons (Fsp3) is 0.500. The van der Waals surface area contributed by atoms with E-state index in [-0.39, 0.29) is 0 Å². The minimum absolute atomic E-state index is 0.604. The molecule has 0 aromatic rings. The Balaban J connectivity index is 2.21. The smallest absolute Gasteiger partial charge is 0.0116 e. The van der Waals surface area contributed by atoms with Gasteiger partial charge >= 0.3 is 0 Å². The van der Waals surface area contributed by atoms with E-state index in [1.54, 1.807) is 0 Å². The van der Waals surface area contributed by atoms with Crippen molar-refractivity contribution in [3.05, 3.63) is 12.2 Å². The zero-order chi connectivity index (χ0) is 4.41. The van der Waals surface area contributed by atoms with Crippen LogP contribution < -0.4 is 0 Å². The van der Waals surface area contributed by atoms with E-state index in [1.165, 1.54) is 6.42 Å². The van der Waals surface area contributed by atoms with Gasteiger partial charge in [0.2, 0.25) is 0 Å². The van der Waals surface area contributed by atoms with E-state index in [1.807, 2.05) is 0 Å². The fourth-order valence-electron chi connectivity index (χ4n) is 0.353. The molecule has 0 amide bonds. The van der Waals surface area contributed by atoms with Crippen LogP contribution in [-0.4, -0.2) is 5.66 Å². The molecule has 0 fully saturated rings. The SMILES string of the molecule is ClPC1C=CC1. The Labute approximate surface area is 44.1 Å². The highest BCUT2D eigenvalue weighted by molar-refractivity contribution is 7.69. The molecule has 2 atom stereocenters. The molecule has 2 unspecified atom stereocenters. The minimum atomic E-state index is 0.604. The van der Waals surface area contributed by atoms with Crippen LogP contribution in [0.15, 0.2) is 12.2 Å². The first-order chi connectivity index (χ1) is 2.93. The van der Waals surface area contributed by atoms with Gasteiger partial charge in [0.25, 0.3) is 0 Å². The largest absolute Gasteiger partial charge is 0.0995 e. The average molecular weight is 121 g/mol. The normalized spacial score (nSPS) is 31.8. The Hall–Kier alpha value is 0.460. The first kappa shape index (κ1) is 4.61. The molecule has 0 saturated carbocycles. The molecule has 0 heterocycles. The molecule has 0 aromatic carbocycles. The summed E-state index contributed by atoms with van der Waals surface area (Å²) in [5.74, 6) is 0. The van der Waals surface area contributed by atoms with E-state index >= 15 is 0 Å². The fourth-order valence-corrected chi connectivity index (χ4v) is 1.27. The summed E-state index contributed by atoms with van der Waals surface area (Å²) in [6.45, 7) is 0. The molecule has 0 spiro atoms. The maximum atomic E-state index is 5.48. The maximum Gasteiger partial charge on any atom is 0.0116 e. The zero-order valence-corrected chi connectivity index (χ0v) is 5.07. The topological polar surface area (TPSA) is 0 Å². The van der Waals surface area contributed by atoms with E-state index in [9.17, 15) is 0 Å². The number of rotatable bonds is 1. The molecule has 1 rings (SSSR count). The summed E-state index contributed by atoms with van der Waals surface area (Å²) in [4.78, 5) is 0. The molecule has 6 heavy (non-hydrogen) atoms. The van der Waals surface area contributed by atoms with Gasteiger partial charge in [0, 0.05) is 5.66 Å². The first-order valence-electron chi connectivity index (χ1n) is 1.96. The van der Waals surface area contributed by atoms with Crippen molar-refractivity contribution in [3.8, 4) is 0 Å². The van der Waals surface area contributed by atoms with Crippen LogP contribution in [0.4, 0.5) is 0 Å². The molecule has 34 valence electrons. The van der Waals surface area contributed by atoms with E-state index in [0.29, 0.717) is 7.93 Å². The summed E-state index contributed by atoms with van der Waals surface area (Å²) >= 11 is 5.48. The molecule has 0 radical (unpaired) electrons. The number of hydrogen-bond donors (Lipinski definition) is 0. The molecule has 2 heteroatoms. The van der Waals surface area contributed by atoms with Crippen molar-refractivity contribution in [1.29, 1.82) is 0 Å². The summed E-state index contributed by atoms with van der Waals surface area (Å²) in [6, 6.07) is 0. The van der Waals surface area contributed by atoms with E-state index in [2.05, 4.69) is 12.2 Å². The van der Waals surface area contributed by atoms with E-state index < -0.39 is 0 Å². The van der Waals surface area contributed by atoms with Crippen molar-refractivity contribution in [3.63, 3.8) is 0 Å². The van der Waals surface area contributed by atoms with Gasteiger partial charge in [-0.25, -0.2) is 0 Å². The lowest BCUT2D eigenvalue weighted by Gasteiger charge is -2.11.